The van der Waals surface area contributed by atoms with E-state index in [-0.39, 0.29) is 29.3 Å². The highest BCUT2D eigenvalue weighted by molar-refractivity contribution is 6.07. The molecule has 0 aliphatic carbocycles. The highest BCUT2D eigenvalue weighted by Crippen LogP contribution is 2.32. The molecule has 154 valence electrons. The van der Waals surface area contributed by atoms with E-state index in [0.29, 0.717) is 0 Å². The molecule has 29 heavy (non-hydrogen) atoms. The molecule has 0 aromatic heterocycles. The van der Waals surface area contributed by atoms with Crippen molar-refractivity contribution in [3.63, 3.8) is 0 Å². The molecule has 0 radical (unpaired) electrons. The van der Waals surface area contributed by atoms with Gasteiger partial charge >= 0.3 is 6.03 Å². The fourth-order valence-electron chi connectivity index (χ4n) is 3.63. The summed E-state index contributed by atoms with van der Waals surface area (Å²) in [5.74, 6) is -0.217. The van der Waals surface area contributed by atoms with Crippen molar-refractivity contribution in [3.05, 3.63) is 70.8 Å². The second kappa shape index (κ2) is 7.01. The van der Waals surface area contributed by atoms with Crippen LogP contribution >= 0.6 is 0 Å². The first-order valence-electron chi connectivity index (χ1n) is 10.2. The molecule has 1 saturated heterocycles. The molecule has 1 heterocycles. The molecule has 4 heteroatoms. The first kappa shape index (κ1) is 21.1. The number of hydrogen-bond donors (Lipinski definition) is 1. The summed E-state index contributed by atoms with van der Waals surface area (Å²) in [7, 11) is 0. The molecule has 0 saturated carbocycles. The number of rotatable bonds is 3. The Labute approximate surface area is 174 Å². The van der Waals surface area contributed by atoms with E-state index >= 15 is 0 Å². The van der Waals surface area contributed by atoms with Crippen molar-refractivity contribution in [2.75, 3.05) is 0 Å². The third kappa shape index (κ3) is 4.07. The predicted molar refractivity (Wildman–Crippen MR) is 117 cm³/mol. The lowest BCUT2D eigenvalue weighted by Gasteiger charge is -2.25. The van der Waals surface area contributed by atoms with Gasteiger partial charge in [0, 0.05) is 0 Å². The second-order valence-electron chi connectivity index (χ2n) is 10.2. The van der Waals surface area contributed by atoms with Gasteiger partial charge in [0.15, 0.2) is 0 Å². The number of carbonyl (C=O) groups is 2. The molecular weight excluding hydrogens is 360 g/mol. The predicted octanol–water partition coefficient (Wildman–Crippen LogP) is 5.25. The van der Waals surface area contributed by atoms with Crippen LogP contribution in [0.3, 0.4) is 0 Å². The molecule has 0 spiro atoms. The SMILES string of the molecule is CC(C)(C)c1ccc(CN2C(=O)NC(C)(c3ccc(C(C)(C)C)cc3)C2=O)cc1. The largest absolute Gasteiger partial charge is 0.325 e. The number of nitrogens with one attached hydrogen (secondary N) is 1. The Balaban J connectivity index is 1.82. The lowest BCUT2D eigenvalue weighted by atomic mass is 9.84. The number of urea groups is 1. The first-order valence-corrected chi connectivity index (χ1v) is 10.2. The minimum atomic E-state index is -1.04. The van der Waals surface area contributed by atoms with E-state index < -0.39 is 5.54 Å². The van der Waals surface area contributed by atoms with Gasteiger partial charge in [0.25, 0.3) is 5.91 Å². The van der Waals surface area contributed by atoms with Crippen LogP contribution in [0.5, 0.6) is 0 Å². The van der Waals surface area contributed by atoms with Crippen molar-refractivity contribution in [2.45, 2.75) is 71.4 Å². The van der Waals surface area contributed by atoms with Gasteiger partial charge in [-0.1, -0.05) is 90.1 Å². The van der Waals surface area contributed by atoms with Crippen LogP contribution in [0, 0.1) is 0 Å². The fourth-order valence-corrected chi connectivity index (χ4v) is 3.63. The molecular formula is C25H32N2O2. The van der Waals surface area contributed by atoms with Crippen LogP contribution in [0.25, 0.3) is 0 Å². The molecule has 4 nitrogen and oxygen atoms in total. The fraction of sp³-hybridized carbons (Fsp3) is 0.440. The van der Waals surface area contributed by atoms with Crippen molar-refractivity contribution in [1.29, 1.82) is 0 Å². The van der Waals surface area contributed by atoms with Gasteiger partial charge in [0.05, 0.1) is 6.54 Å². The van der Waals surface area contributed by atoms with E-state index in [9.17, 15) is 9.59 Å². The minimum Gasteiger partial charge on any atom is -0.319 e. The summed E-state index contributed by atoms with van der Waals surface area (Å²) in [6.45, 7) is 15.0. The number of hydrogen-bond acceptors (Lipinski definition) is 2. The lowest BCUT2D eigenvalue weighted by molar-refractivity contribution is -0.131. The molecule has 1 N–H and O–H groups in total. The zero-order chi connectivity index (χ0) is 21.6. The van der Waals surface area contributed by atoms with Gasteiger partial charge < -0.3 is 5.32 Å². The minimum absolute atomic E-state index is 0.0353. The zero-order valence-corrected chi connectivity index (χ0v) is 18.6. The quantitative estimate of drug-likeness (QED) is 0.726. The Hall–Kier alpha value is -2.62. The third-order valence-corrected chi connectivity index (χ3v) is 5.76. The number of imide groups is 1. The molecule has 1 fully saturated rings. The number of benzene rings is 2. The Bertz CT molecular complexity index is 915. The highest BCUT2D eigenvalue weighted by Gasteiger charge is 2.48. The summed E-state index contributed by atoms with van der Waals surface area (Å²) in [5.41, 5.74) is 3.21. The maximum absolute atomic E-state index is 13.2. The average molecular weight is 393 g/mol. The van der Waals surface area contributed by atoms with Crippen molar-refractivity contribution in [1.82, 2.24) is 10.2 Å². The average Bonchev–Trinajstić information content (AvgIpc) is 2.85. The number of carbonyl (C=O) groups excluding carboxylic acids is 2. The molecule has 1 unspecified atom stereocenters. The van der Waals surface area contributed by atoms with E-state index in [4.69, 9.17) is 0 Å². The molecule has 1 aliphatic heterocycles. The smallest absolute Gasteiger partial charge is 0.319 e. The number of amides is 3. The van der Waals surface area contributed by atoms with Gasteiger partial charge in [-0.3, -0.25) is 9.69 Å². The van der Waals surface area contributed by atoms with Crippen molar-refractivity contribution in [2.24, 2.45) is 0 Å². The van der Waals surface area contributed by atoms with Crippen LogP contribution in [0.1, 0.15) is 70.7 Å². The molecule has 1 atom stereocenters. The van der Waals surface area contributed by atoms with Crippen LogP contribution < -0.4 is 5.32 Å². The van der Waals surface area contributed by atoms with E-state index in [2.05, 4.69) is 59.0 Å². The standard InChI is InChI=1S/C25H32N2O2/c1-23(2,3)18-10-8-17(9-11-18)16-27-21(28)25(7,26-22(27)29)20-14-12-19(13-15-20)24(4,5)6/h8-15H,16H2,1-7H3,(H,26,29). The van der Waals surface area contributed by atoms with E-state index in [1.54, 1.807) is 6.92 Å². The van der Waals surface area contributed by atoms with E-state index in [0.717, 1.165) is 11.1 Å². The zero-order valence-electron chi connectivity index (χ0n) is 18.6. The summed E-state index contributed by atoms with van der Waals surface area (Å²) in [6.07, 6.45) is 0. The van der Waals surface area contributed by atoms with Crippen molar-refractivity contribution in [3.8, 4) is 0 Å². The topological polar surface area (TPSA) is 49.4 Å². The van der Waals surface area contributed by atoms with Crippen LogP contribution in [-0.2, 0) is 27.7 Å². The molecule has 0 bridgehead atoms. The maximum atomic E-state index is 13.2. The van der Waals surface area contributed by atoms with E-state index in [1.807, 2.05) is 36.4 Å². The molecule has 1 aliphatic rings. The maximum Gasteiger partial charge on any atom is 0.325 e. The summed E-state index contributed by atoms with van der Waals surface area (Å²) in [6, 6.07) is 15.7. The second-order valence-corrected chi connectivity index (χ2v) is 10.2. The lowest BCUT2D eigenvalue weighted by Crippen LogP contribution is -2.40. The summed E-state index contributed by atoms with van der Waals surface area (Å²) in [5, 5.41) is 2.90. The highest BCUT2D eigenvalue weighted by atomic mass is 16.2. The molecule has 2 aromatic rings. The van der Waals surface area contributed by atoms with E-state index in [1.165, 1.54) is 16.0 Å². The van der Waals surface area contributed by atoms with Gasteiger partial charge in [-0.15, -0.1) is 0 Å². The third-order valence-electron chi connectivity index (χ3n) is 5.76. The van der Waals surface area contributed by atoms with Gasteiger partial charge in [0.1, 0.15) is 5.54 Å². The van der Waals surface area contributed by atoms with Gasteiger partial charge in [-0.25, -0.2) is 4.79 Å². The van der Waals surface area contributed by atoms with Crippen molar-refractivity contribution >= 4 is 11.9 Å². The molecule has 3 rings (SSSR count). The normalized spacial score (nSPS) is 20.2. The Morgan fingerprint density at radius 1 is 0.793 bits per heavy atom. The summed E-state index contributed by atoms with van der Waals surface area (Å²) in [4.78, 5) is 27.1. The Morgan fingerprint density at radius 3 is 1.69 bits per heavy atom. The van der Waals surface area contributed by atoms with Crippen LogP contribution in [0.4, 0.5) is 4.79 Å². The molecule has 2 aromatic carbocycles. The van der Waals surface area contributed by atoms with Crippen LogP contribution in [0.15, 0.2) is 48.5 Å². The summed E-state index contributed by atoms with van der Waals surface area (Å²) >= 11 is 0. The van der Waals surface area contributed by atoms with Crippen LogP contribution in [0.2, 0.25) is 0 Å². The van der Waals surface area contributed by atoms with Gasteiger partial charge in [-0.05, 0) is 40.0 Å². The summed E-state index contributed by atoms with van der Waals surface area (Å²) < 4.78 is 0. The Kier molecular flexibility index (Phi) is 5.10. The first-order chi connectivity index (χ1) is 13.3. The number of nitrogens with zero attached hydrogens (tertiary/aromatic N) is 1. The van der Waals surface area contributed by atoms with Crippen LogP contribution in [-0.4, -0.2) is 16.8 Å². The van der Waals surface area contributed by atoms with Crippen molar-refractivity contribution < 1.29 is 9.59 Å². The monoisotopic (exact) mass is 392 g/mol. The molecule has 3 amide bonds. The Morgan fingerprint density at radius 2 is 1.24 bits per heavy atom. The van der Waals surface area contributed by atoms with Gasteiger partial charge in [-0.2, -0.15) is 0 Å². The van der Waals surface area contributed by atoms with Gasteiger partial charge in [0.2, 0.25) is 0 Å².